The fourth-order valence-corrected chi connectivity index (χ4v) is 3.05. The molecule has 21 heavy (non-hydrogen) atoms. The van der Waals surface area contributed by atoms with E-state index in [0.29, 0.717) is 5.56 Å². The molecule has 2 rings (SSSR count). The molecular weight excluding hydrogens is 264 g/mol. The van der Waals surface area contributed by atoms with E-state index in [0.717, 1.165) is 55.8 Å². The molecule has 5 heteroatoms. The summed E-state index contributed by atoms with van der Waals surface area (Å²) in [4.78, 5) is 2.15. The topological polar surface area (TPSA) is 62.0 Å². The van der Waals surface area contributed by atoms with Gasteiger partial charge in [-0.1, -0.05) is 13.8 Å². The van der Waals surface area contributed by atoms with Crippen LogP contribution in [0.4, 0.5) is 5.82 Å². The summed E-state index contributed by atoms with van der Waals surface area (Å²) in [6.45, 7) is 7.88. The predicted molar refractivity (Wildman–Crippen MR) is 82.4 cm³/mol. The molecule has 1 aliphatic heterocycles. The zero-order valence-corrected chi connectivity index (χ0v) is 13.4. The summed E-state index contributed by atoms with van der Waals surface area (Å²) in [5.74, 6) is 0.717. The molecule has 0 N–H and O–H groups in total. The molecule has 0 aliphatic carbocycles. The van der Waals surface area contributed by atoms with Gasteiger partial charge in [-0.25, -0.2) is 0 Å². The Hall–Kier alpha value is -1.67. The van der Waals surface area contributed by atoms with Crippen LogP contribution < -0.4 is 4.90 Å². The van der Waals surface area contributed by atoms with Gasteiger partial charge in [-0.15, -0.1) is 5.10 Å². The normalized spacial score (nSPS) is 22.1. The largest absolute Gasteiger partial charge is 0.377 e. The monoisotopic (exact) mass is 288 g/mol. The number of nitriles is 1. The highest BCUT2D eigenvalue weighted by Crippen LogP contribution is 2.30. The van der Waals surface area contributed by atoms with E-state index >= 15 is 0 Å². The van der Waals surface area contributed by atoms with E-state index < -0.39 is 0 Å². The molecule has 1 fully saturated rings. The van der Waals surface area contributed by atoms with Crippen LogP contribution in [0.15, 0.2) is 0 Å². The van der Waals surface area contributed by atoms with Crippen molar-refractivity contribution in [1.29, 1.82) is 5.26 Å². The molecule has 0 spiro atoms. The molecule has 1 aliphatic rings. The Bertz CT molecular complexity index is 552. The molecule has 114 valence electrons. The summed E-state index contributed by atoms with van der Waals surface area (Å²) < 4.78 is 5.63. The van der Waals surface area contributed by atoms with Crippen molar-refractivity contribution < 1.29 is 4.74 Å². The summed E-state index contributed by atoms with van der Waals surface area (Å²) >= 11 is 0. The van der Waals surface area contributed by atoms with E-state index in [1.165, 1.54) is 0 Å². The number of piperidine rings is 1. The maximum Gasteiger partial charge on any atom is 0.169 e. The quantitative estimate of drug-likeness (QED) is 0.851. The molecule has 0 radical (unpaired) electrons. The first-order valence-electron chi connectivity index (χ1n) is 7.67. The number of methoxy groups -OCH3 is 1. The van der Waals surface area contributed by atoms with Crippen molar-refractivity contribution in [2.24, 2.45) is 0 Å². The number of hydrogen-bond acceptors (Lipinski definition) is 5. The highest BCUT2D eigenvalue weighted by Gasteiger charge is 2.33. The van der Waals surface area contributed by atoms with Crippen molar-refractivity contribution in [1.82, 2.24) is 10.2 Å². The minimum atomic E-state index is -0.178. The first-order valence-corrected chi connectivity index (χ1v) is 7.67. The van der Waals surface area contributed by atoms with Crippen molar-refractivity contribution in [2.75, 3.05) is 25.1 Å². The first kappa shape index (κ1) is 15.7. The minimum absolute atomic E-state index is 0.178. The summed E-state index contributed by atoms with van der Waals surface area (Å²) in [5.41, 5.74) is 2.48. The van der Waals surface area contributed by atoms with E-state index in [2.05, 4.69) is 35.0 Å². The highest BCUT2D eigenvalue weighted by atomic mass is 16.5. The van der Waals surface area contributed by atoms with Crippen molar-refractivity contribution in [3.05, 3.63) is 16.8 Å². The third-order valence-corrected chi connectivity index (χ3v) is 4.39. The second-order valence-electron chi connectivity index (χ2n) is 5.82. The lowest BCUT2D eigenvalue weighted by Crippen LogP contribution is -2.48. The molecule has 2 heterocycles. The van der Waals surface area contributed by atoms with E-state index in [9.17, 15) is 5.26 Å². The zero-order valence-electron chi connectivity index (χ0n) is 13.4. The lowest BCUT2D eigenvalue weighted by molar-refractivity contribution is -0.00485. The minimum Gasteiger partial charge on any atom is -0.377 e. The maximum absolute atomic E-state index is 9.59. The van der Waals surface area contributed by atoms with Gasteiger partial charge in [-0.2, -0.15) is 10.4 Å². The third kappa shape index (κ3) is 3.01. The van der Waals surface area contributed by atoms with Gasteiger partial charge in [-0.05, 0) is 38.2 Å². The molecule has 0 saturated carbocycles. The van der Waals surface area contributed by atoms with Gasteiger partial charge in [0.05, 0.1) is 11.3 Å². The van der Waals surface area contributed by atoms with Gasteiger partial charge < -0.3 is 9.64 Å². The Balaban J connectivity index is 2.42. The predicted octanol–water partition coefficient (Wildman–Crippen LogP) is 2.48. The van der Waals surface area contributed by atoms with Gasteiger partial charge in [0.25, 0.3) is 0 Å². The lowest BCUT2D eigenvalue weighted by Gasteiger charge is -2.40. The van der Waals surface area contributed by atoms with Gasteiger partial charge in [-0.3, -0.25) is 0 Å². The van der Waals surface area contributed by atoms with Crippen molar-refractivity contribution in [3.63, 3.8) is 0 Å². The number of nitrogens with zero attached hydrogens (tertiary/aromatic N) is 4. The number of hydrogen-bond donors (Lipinski definition) is 0. The fraction of sp³-hybridized carbons (Fsp3) is 0.688. The second kappa shape index (κ2) is 6.40. The van der Waals surface area contributed by atoms with Gasteiger partial charge in [0.2, 0.25) is 0 Å². The average molecular weight is 288 g/mol. The van der Waals surface area contributed by atoms with Crippen LogP contribution in [0.5, 0.6) is 0 Å². The Kier molecular flexibility index (Phi) is 4.79. The standard InChI is InChI=1S/C16H24N4O/c1-5-12-13(10-17)15(19-18-14(12)6-2)20-9-7-8-16(3,11-20)21-4/h5-9,11H2,1-4H3. The van der Waals surface area contributed by atoms with Crippen LogP contribution in [0.1, 0.15) is 50.4 Å². The molecule has 1 aromatic rings. The summed E-state index contributed by atoms with van der Waals surface area (Å²) in [6, 6.07) is 2.35. The van der Waals surface area contributed by atoms with E-state index in [-0.39, 0.29) is 5.60 Å². The summed E-state index contributed by atoms with van der Waals surface area (Å²) in [5, 5.41) is 18.3. The number of ether oxygens (including phenoxy) is 1. The van der Waals surface area contributed by atoms with E-state index in [1.807, 2.05) is 6.92 Å². The smallest absolute Gasteiger partial charge is 0.169 e. The highest BCUT2D eigenvalue weighted by molar-refractivity contribution is 5.58. The maximum atomic E-state index is 9.59. The molecule has 5 nitrogen and oxygen atoms in total. The summed E-state index contributed by atoms with van der Waals surface area (Å²) in [7, 11) is 1.75. The van der Waals surface area contributed by atoms with Crippen molar-refractivity contribution in [2.45, 2.75) is 52.1 Å². The molecular formula is C16H24N4O. The van der Waals surface area contributed by atoms with E-state index in [4.69, 9.17) is 4.74 Å². The molecule has 1 aromatic heterocycles. The molecule has 0 bridgehead atoms. The third-order valence-electron chi connectivity index (χ3n) is 4.39. The second-order valence-corrected chi connectivity index (χ2v) is 5.82. The van der Waals surface area contributed by atoms with Gasteiger partial charge in [0.1, 0.15) is 11.6 Å². The Morgan fingerprint density at radius 2 is 2.10 bits per heavy atom. The van der Waals surface area contributed by atoms with Gasteiger partial charge in [0.15, 0.2) is 5.82 Å². The van der Waals surface area contributed by atoms with Crippen LogP contribution in [0, 0.1) is 11.3 Å². The molecule has 0 aromatic carbocycles. The van der Waals surface area contributed by atoms with Crippen LogP contribution in [0.2, 0.25) is 0 Å². The molecule has 1 saturated heterocycles. The Labute approximate surface area is 126 Å². The van der Waals surface area contributed by atoms with Crippen LogP contribution >= 0.6 is 0 Å². The Morgan fingerprint density at radius 3 is 2.67 bits per heavy atom. The Morgan fingerprint density at radius 1 is 1.33 bits per heavy atom. The number of anilines is 1. The number of aryl methyl sites for hydroxylation is 1. The van der Waals surface area contributed by atoms with Crippen LogP contribution in [0.3, 0.4) is 0 Å². The fourth-order valence-electron chi connectivity index (χ4n) is 3.05. The molecule has 1 unspecified atom stereocenters. The van der Waals surface area contributed by atoms with Gasteiger partial charge >= 0.3 is 0 Å². The SMILES string of the molecule is CCc1nnc(N2CCCC(C)(OC)C2)c(C#N)c1CC. The van der Waals surface area contributed by atoms with Crippen LogP contribution in [-0.2, 0) is 17.6 Å². The van der Waals surface area contributed by atoms with Gasteiger partial charge in [0, 0.05) is 20.2 Å². The van der Waals surface area contributed by atoms with Crippen LogP contribution in [0.25, 0.3) is 0 Å². The average Bonchev–Trinajstić information content (AvgIpc) is 2.53. The van der Waals surface area contributed by atoms with E-state index in [1.54, 1.807) is 7.11 Å². The molecule has 1 atom stereocenters. The number of rotatable bonds is 4. The van der Waals surface area contributed by atoms with Crippen LogP contribution in [-0.4, -0.2) is 36.0 Å². The lowest BCUT2D eigenvalue weighted by atomic mass is 9.94. The molecule has 0 amide bonds. The summed E-state index contributed by atoms with van der Waals surface area (Å²) in [6.07, 6.45) is 3.68. The van der Waals surface area contributed by atoms with Crippen molar-refractivity contribution >= 4 is 5.82 Å². The zero-order chi connectivity index (χ0) is 15.5. The van der Waals surface area contributed by atoms with Crippen molar-refractivity contribution in [3.8, 4) is 6.07 Å². The first-order chi connectivity index (χ1) is 10.1. The number of aromatic nitrogens is 2.